The van der Waals surface area contributed by atoms with Gasteiger partial charge in [-0.25, -0.2) is 18.0 Å². The first-order valence-corrected chi connectivity index (χ1v) is 10.2. The van der Waals surface area contributed by atoms with Crippen LogP contribution in [0.3, 0.4) is 0 Å². The summed E-state index contributed by atoms with van der Waals surface area (Å²) in [4.78, 5) is 11.4. The molecule has 4 nitrogen and oxygen atoms in total. The first kappa shape index (κ1) is 23.2. The van der Waals surface area contributed by atoms with E-state index in [9.17, 15) is 18.0 Å². The molecule has 3 aromatic rings. The van der Waals surface area contributed by atoms with Gasteiger partial charge in [-0.15, -0.1) is 0 Å². The third kappa shape index (κ3) is 5.41. The van der Waals surface area contributed by atoms with E-state index in [1.54, 1.807) is 19.1 Å². The van der Waals surface area contributed by atoms with E-state index in [0.717, 1.165) is 34.4 Å². The molecule has 0 amide bonds. The molecule has 0 saturated heterocycles. The average Bonchev–Trinajstić information content (AvgIpc) is 2.76. The number of carbonyl (C=O) groups excluding carboxylic acids is 1. The molecule has 32 heavy (non-hydrogen) atoms. The van der Waals surface area contributed by atoms with Crippen LogP contribution in [0.1, 0.15) is 23.6 Å². The molecule has 7 heteroatoms. The Morgan fingerprint density at radius 1 is 1.00 bits per heavy atom. The van der Waals surface area contributed by atoms with Gasteiger partial charge in [-0.2, -0.15) is 0 Å². The first-order valence-electron chi connectivity index (χ1n) is 10.2. The zero-order valence-corrected chi connectivity index (χ0v) is 18.1. The molecule has 3 rings (SSSR count). The van der Waals surface area contributed by atoms with E-state index in [0.29, 0.717) is 5.56 Å². The summed E-state index contributed by atoms with van der Waals surface area (Å²) in [6.07, 6.45) is 0. The summed E-state index contributed by atoms with van der Waals surface area (Å²) in [7, 11) is 0. The number of hydrogen-bond acceptors (Lipinski definition) is 4. The van der Waals surface area contributed by atoms with Gasteiger partial charge in [-0.3, -0.25) is 0 Å². The van der Waals surface area contributed by atoms with Crippen molar-refractivity contribution in [2.45, 2.75) is 27.3 Å². The van der Waals surface area contributed by atoms with Gasteiger partial charge in [0, 0.05) is 6.54 Å². The van der Waals surface area contributed by atoms with E-state index in [1.165, 1.54) is 12.1 Å². The van der Waals surface area contributed by atoms with Crippen LogP contribution in [0.2, 0.25) is 0 Å². The van der Waals surface area contributed by atoms with Gasteiger partial charge in [0.2, 0.25) is 0 Å². The number of ether oxygens (including phenoxy) is 2. The molecule has 0 aromatic heterocycles. The summed E-state index contributed by atoms with van der Waals surface area (Å²) < 4.78 is 52.7. The van der Waals surface area contributed by atoms with Crippen LogP contribution in [0.25, 0.3) is 11.1 Å². The zero-order valence-electron chi connectivity index (χ0n) is 18.1. The molecule has 0 aliphatic rings. The SMILES string of the molecule is CCOC(=O)COc1ccc(F)c(NCc2cc(-c3cccc(F)c3)cc(C)c2C)c1F. The lowest BCUT2D eigenvalue weighted by molar-refractivity contribution is -0.145. The summed E-state index contributed by atoms with van der Waals surface area (Å²) in [6.45, 7) is 5.30. The maximum atomic E-state index is 14.8. The van der Waals surface area contributed by atoms with E-state index in [-0.39, 0.29) is 30.4 Å². The van der Waals surface area contributed by atoms with Gasteiger partial charge in [0.25, 0.3) is 0 Å². The van der Waals surface area contributed by atoms with Crippen molar-refractivity contribution in [3.05, 3.63) is 82.7 Å². The third-order valence-corrected chi connectivity index (χ3v) is 5.10. The molecule has 0 aliphatic heterocycles. The van der Waals surface area contributed by atoms with E-state index >= 15 is 0 Å². The minimum absolute atomic E-state index is 0.130. The Kier molecular flexibility index (Phi) is 7.41. The van der Waals surface area contributed by atoms with Gasteiger partial charge >= 0.3 is 5.97 Å². The zero-order chi connectivity index (χ0) is 23.3. The van der Waals surface area contributed by atoms with Crippen LogP contribution in [0.15, 0.2) is 48.5 Å². The van der Waals surface area contributed by atoms with Gasteiger partial charge < -0.3 is 14.8 Å². The lowest BCUT2D eigenvalue weighted by atomic mass is 9.95. The van der Waals surface area contributed by atoms with Crippen LogP contribution >= 0.6 is 0 Å². The van der Waals surface area contributed by atoms with Crippen molar-refractivity contribution < 1.29 is 27.4 Å². The molecule has 0 unspecified atom stereocenters. The Labute approximate surface area is 185 Å². The normalized spacial score (nSPS) is 10.7. The Morgan fingerprint density at radius 3 is 2.50 bits per heavy atom. The van der Waals surface area contributed by atoms with Crippen LogP contribution in [0, 0.1) is 31.3 Å². The summed E-state index contributed by atoms with van der Waals surface area (Å²) >= 11 is 0. The smallest absolute Gasteiger partial charge is 0.344 e. The molecule has 0 radical (unpaired) electrons. The number of benzene rings is 3. The Balaban J connectivity index is 1.83. The maximum absolute atomic E-state index is 14.8. The molecule has 168 valence electrons. The molecule has 3 aromatic carbocycles. The minimum Gasteiger partial charge on any atom is -0.479 e. The summed E-state index contributed by atoms with van der Waals surface area (Å²) in [5.74, 6) is -2.98. The number of nitrogens with one attached hydrogen (secondary N) is 1. The number of esters is 1. The van der Waals surface area contributed by atoms with Crippen molar-refractivity contribution in [3.8, 4) is 16.9 Å². The van der Waals surface area contributed by atoms with Crippen molar-refractivity contribution in [1.29, 1.82) is 0 Å². The lowest BCUT2D eigenvalue weighted by Crippen LogP contribution is -2.15. The molecular weight excluding hydrogens is 419 g/mol. The van der Waals surface area contributed by atoms with Crippen LogP contribution in [0.5, 0.6) is 5.75 Å². The molecule has 0 bridgehead atoms. The van der Waals surface area contributed by atoms with Gasteiger partial charge in [0.1, 0.15) is 17.3 Å². The molecule has 0 spiro atoms. The molecular formula is C25H24F3NO3. The fourth-order valence-corrected chi connectivity index (χ4v) is 3.28. The van der Waals surface area contributed by atoms with Crippen LogP contribution in [-0.2, 0) is 16.1 Å². The fraction of sp³-hybridized carbons (Fsp3) is 0.240. The van der Waals surface area contributed by atoms with Gasteiger partial charge in [0.15, 0.2) is 18.2 Å². The van der Waals surface area contributed by atoms with E-state index in [2.05, 4.69) is 5.32 Å². The van der Waals surface area contributed by atoms with Crippen molar-refractivity contribution in [1.82, 2.24) is 0 Å². The second-order valence-electron chi connectivity index (χ2n) is 7.27. The fourth-order valence-electron chi connectivity index (χ4n) is 3.28. The van der Waals surface area contributed by atoms with Gasteiger partial charge in [-0.1, -0.05) is 18.2 Å². The number of rotatable bonds is 8. The second-order valence-corrected chi connectivity index (χ2v) is 7.27. The average molecular weight is 443 g/mol. The summed E-state index contributed by atoms with van der Waals surface area (Å²) in [6, 6.07) is 12.2. The van der Waals surface area contributed by atoms with Crippen molar-refractivity contribution in [2.24, 2.45) is 0 Å². The topological polar surface area (TPSA) is 47.6 Å². The summed E-state index contributed by atoms with van der Waals surface area (Å²) in [5, 5.41) is 2.79. The highest BCUT2D eigenvalue weighted by Crippen LogP contribution is 2.30. The second kappa shape index (κ2) is 10.2. The van der Waals surface area contributed by atoms with Crippen molar-refractivity contribution >= 4 is 11.7 Å². The predicted molar refractivity (Wildman–Crippen MR) is 117 cm³/mol. The molecule has 0 atom stereocenters. The Morgan fingerprint density at radius 2 is 1.78 bits per heavy atom. The summed E-state index contributed by atoms with van der Waals surface area (Å²) in [5.41, 5.74) is 3.88. The minimum atomic E-state index is -0.940. The number of anilines is 1. The van der Waals surface area contributed by atoms with E-state index < -0.39 is 24.2 Å². The molecule has 0 fully saturated rings. The standard InChI is InChI=1S/C25H24F3NO3/c1-4-31-23(30)14-32-22-9-8-21(27)25(24(22)28)29-13-19-11-18(10-15(2)16(19)3)17-6-5-7-20(26)12-17/h5-12,29H,4,13-14H2,1-3H3. The first-order chi connectivity index (χ1) is 15.3. The maximum Gasteiger partial charge on any atom is 0.344 e. The largest absolute Gasteiger partial charge is 0.479 e. The van der Waals surface area contributed by atoms with Crippen molar-refractivity contribution in [3.63, 3.8) is 0 Å². The highest BCUT2D eigenvalue weighted by atomic mass is 19.1. The van der Waals surface area contributed by atoms with Gasteiger partial charge in [0.05, 0.1) is 6.61 Å². The number of halogens is 3. The van der Waals surface area contributed by atoms with Crippen LogP contribution in [-0.4, -0.2) is 19.2 Å². The number of aryl methyl sites for hydroxylation is 1. The number of hydrogen-bond donors (Lipinski definition) is 1. The third-order valence-electron chi connectivity index (χ3n) is 5.10. The predicted octanol–water partition coefficient (Wildman–Crippen LogP) is 5.94. The molecule has 0 aliphatic carbocycles. The Hall–Kier alpha value is -3.48. The molecule has 0 heterocycles. The molecule has 1 N–H and O–H groups in total. The number of carbonyl (C=O) groups is 1. The monoisotopic (exact) mass is 443 g/mol. The van der Waals surface area contributed by atoms with Crippen LogP contribution < -0.4 is 10.1 Å². The highest BCUT2D eigenvalue weighted by molar-refractivity contribution is 5.71. The van der Waals surface area contributed by atoms with Gasteiger partial charge in [-0.05, 0) is 78.9 Å². The highest BCUT2D eigenvalue weighted by Gasteiger charge is 2.17. The van der Waals surface area contributed by atoms with E-state index in [4.69, 9.17) is 9.47 Å². The lowest BCUT2D eigenvalue weighted by Gasteiger charge is -2.16. The Bertz CT molecular complexity index is 1130. The van der Waals surface area contributed by atoms with Crippen LogP contribution in [0.4, 0.5) is 18.9 Å². The quantitative estimate of drug-likeness (QED) is 0.438. The molecule has 0 saturated carbocycles. The van der Waals surface area contributed by atoms with E-state index in [1.807, 2.05) is 26.0 Å². The van der Waals surface area contributed by atoms with Crippen molar-refractivity contribution in [2.75, 3.05) is 18.5 Å².